The van der Waals surface area contributed by atoms with E-state index in [2.05, 4.69) is 15.3 Å². The number of ether oxygens (including phenoxy) is 2. The molecule has 32 heavy (non-hydrogen) atoms. The van der Waals surface area contributed by atoms with Crippen LogP contribution in [0.3, 0.4) is 0 Å². The molecule has 1 N–H and O–H groups in total. The fraction of sp³-hybridized carbons (Fsp3) is 0.304. The predicted octanol–water partition coefficient (Wildman–Crippen LogP) is 2.92. The Balaban J connectivity index is 1.48. The molecular formula is C23H24N4O4S. The molecule has 0 fully saturated rings. The smallest absolute Gasteiger partial charge is 0.349 e. The van der Waals surface area contributed by atoms with E-state index in [-0.39, 0.29) is 17.3 Å². The average molecular weight is 453 g/mol. The zero-order valence-corrected chi connectivity index (χ0v) is 18.8. The lowest BCUT2D eigenvalue weighted by atomic mass is 10.2. The lowest BCUT2D eigenvalue weighted by molar-refractivity contribution is -0.113. The Morgan fingerprint density at radius 2 is 1.97 bits per heavy atom. The number of thioether (sulfide) groups is 1. The van der Waals surface area contributed by atoms with E-state index in [9.17, 15) is 9.59 Å². The molecule has 2 aromatic heterocycles. The summed E-state index contributed by atoms with van der Waals surface area (Å²) in [7, 11) is 3.10. The number of fused-ring (bicyclic) bond motifs is 1. The van der Waals surface area contributed by atoms with Gasteiger partial charge in [-0.25, -0.2) is 4.79 Å². The number of nitrogens with one attached hydrogen (secondary N) is 1. The van der Waals surface area contributed by atoms with Crippen LogP contribution in [-0.2, 0) is 24.2 Å². The molecule has 0 saturated carbocycles. The third-order valence-electron chi connectivity index (χ3n) is 5.31. The van der Waals surface area contributed by atoms with E-state index < -0.39 is 0 Å². The van der Waals surface area contributed by atoms with E-state index in [4.69, 9.17) is 9.47 Å². The first-order valence-electron chi connectivity index (χ1n) is 10.2. The SMILES string of the molecule is COc1ccc(NC(=O)CSc2nc(=O)n(Cc3ccncc3)c3c2CCC3)c(OC)c1. The number of amides is 1. The van der Waals surface area contributed by atoms with E-state index in [1.165, 1.54) is 18.9 Å². The Morgan fingerprint density at radius 3 is 2.72 bits per heavy atom. The van der Waals surface area contributed by atoms with Crippen molar-refractivity contribution < 1.29 is 14.3 Å². The summed E-state index contributed by atoms with van der Waals surface area (Å²) in [5.74, 6) is 1.09. The highest BCUT2D eigenvalue weighted by Crippen LogP contribution is 2.31. The van der Waals surface area contributed by atoms with Crippen LogP contribution in [-0.4, -0.2) is 40.4 Å². The van der Waals surface area contributed by atoms with Crippen molar-refractivity contribution >= 4 is 23.4 Å². The van der Waals surface area contributed by atoms with E-state index in [0.29, 0.717) is 28.8 Å². The molecule has 8 nitrogen and oxygen atoms in total. The van der Waals surface area contributed by atoms with Gasteiger partial charge in [0.2, 0.25) is 5.91 Å². The second kappa shape index (κ2) is 9.86. The maximum absolute atomic E-state index is 12.8. The number of anilines is 1. The monoisotopic (exact) mass is 452 g/mol. The second-order valence-corrected chi connectivity index (χ2v) is 8.29. The van der Waals surface area contributed by atoms with Gasteiger partial charge in [0.05, 0.1) is 32.2 Å². The summed E-state index contributed by atoms with van der Waals surface area (Å²) in [6.45, 7) is 0.472. The Labute approximate surface area is 190 Å². The maximum atomic E-state index is 12.8. The van der Waals surface area contributed by atoms with Crippen molar-refractivity contribution in [3.05, 3.63) is 70.0 Å². The van der Waals surface area contributed by atoms with Gasteiger partial charge in [-0.3, -0.25) is 14.3 Å². The number of hydrogen-bond donors (Lipinski definition) is 1. The van der Waals surface area contributed by atoms with Crippen LogP contribution in [0, 0.1) is 0 Å². The third-order valence-corrected chi connectivity index (χ3v) is 6.33. The van der Waals surface area contributed by atoms with Gasteiger partial charge >= 0.3 is 5.69 Å². The summed E-state index contributed by atoms with van der Waals surface area (Å²) in [4.78, 5) is 33.7. The summed E-state index contributed by atoms with van der Waals surface area (Å²) < 4.78 is 12.3. The molecule has 0 aliphatic heterocycles. The summed E-state index contributed by atoms with van der Waals surface area (Å²) in [5.41, 5.74) is 3.36. The fourth-order valence-corrected chi connectivity index (χ4v) is 4.64. The average Bonchev–Trinajstić information content (AvgIpc) is 3.31. The first kappa shape index (κ1) is 21.9. The van der Waals surface area contributed by atoms with Crippen molar-refractivity contribution in [2.24, 2.45) is 0 Å². The van der Waals surface area contributed by atoms with Crippen molar-refractivity contribution in [3.8, 4) is 11.5 Å². The normalized spacial score (nSPS) is 12.3. The molecule has 9 heteroatoms. The van der Waals surface area contributed by atoms with Gasteiger partial charge < -0.3 is 14.8 Å². The Kier molecular flexibility index (Phi) is 6.75. The van der Waals surface area contributed by atoms with Gasteiger partial charge in [-0.15, -0.1) is 0 Å². The Hall–Kier alpha value is -3.33. The van der Waals surface area contributed by atoms with E-state index >= 15 is 0 Å². The lowest BCUT2D eigenvalue weighted by Gasteiger charge is -2.14. The first-order valence-corrected chi connectivity index (χ1v) is 11.2. The molecule has 166 valence electrons. The van der Waals surface area contributed by atoms with Crippen molar-refractivity contribution in [2.75, 3.05) is 25.3 Å². The van der Waals surface area contributed by atoms with Gasteiger partial charge in [-0.1, -0.05) is 11.8 Å². The number of rotatable bonds is 8. The highest BCUT2D eigenvalue weighted by atomic mass is 32.2. The van der Waals surface area contributed by atoms with Crippen LogP contribution in [0.2, 0.25) is 0 Å². The lowest BCUT2D eigenvalue weighted by Crippen LogP contribution is -2.28. The van der Waals surface area contributed by atoms with Crippen molar-refractivity contribution in [3.63, 3.8) is 0 Å². The number of pyridine rings is 1. The molecule has 0 spiro atoms. The number of carbonyl (C=O) groups is 1. The van der Waals surface area contributed by atoms with Gasteiger partial charge in [-0.05, 0) is 49.1 Å². The predicted molar refractivity (Wildman–Crippen MR) is 123 cm³/mol. The molecule has 0 atom stereocenters. The third kappa shape index (κ3) is 4.77. The highest BCUT2D eigenvalue weighted by Gasteiger charge is 2.23. The summed E-state index contributed by atoms with van der Waals surface area (Å²) in [5, 5.41) is 3.50. The second-order valence-electron chi connectivity index (χ2n) is 7.32. The van der Waals surface area contributed by atoms with Crippen LogP contribution in [0.15, 0.2) is 52.5 Å². The summed E-state index contributed by atoms with van der Waals surface area (Å²) >= 11 is 1.29. The quantitative estimate of drug-likeness (QED) is 0.415. The molecule has 2 heterocycles. The van der Waals surface area contributed by atoms with E-state index in [0.717, 1.165) is 36.1 Å². The number of carbonyl (C=O) groups excluding carboxylic acids is 1. The molecule has 3 aromatic rings. The molecule has 1 aromatic carbocycles. The van der Waals surface area contributed by atoms with Crippen molar-refractivity contribution in [2.45, 2.75) is 30.8 Å². The van der Waals surface area contributed by atoms with Crippen LogP contribution in [0.1, 0.15) is 23.2 Å². The standard InChI is InChI=1S/C23H24N4O4S/c1-30-16-6-7-18(20(12-16)31-2)25-21(28)14-32-22-17-4-3-5-19(17)27(23(29)26-22)13-15-8-10-24-11-9-15/h6-12H,3-5,13-14H2,1-2H3,(H,25,28). The van der Waals surface area contributed by atoms with Crippen molar-refractivity contribution in [1.29, 1.82) is 0 Å². The molecule has 0 bridgehead atoms. The molecule has 1 aliphatic rings. The van der Waals surface area contributed by atoms with E-state index in [1.54, 1.807) is 42.3 Å². The molecular weight excluding hydrogens is 428 g/mol. The largest absolute Gasteiger partial charge is 0.497 e. The van der Waals surface area contributed by atoms with Gasteiger partial charge in [0.15, 0.2) is 0 Å². The van der Waals surface area contributed by atoms with Crippen LogP contribution >= 0.6 is 11.8 Å². The number of benzene rings is 1. The molecule has 0 unspecified atom stereocenters. The minimum atomic E-state index is -0.290. The number of aromatic nitrogens is 3. The van der Waals surface area contributed by atoms with Crippen LogP contribution < -0.4 is 20.5 Å². The van der Waals surface area contributed by atoms with Crippen LogP contribution in [0.5, 0.6) is 11.5 Å². The van der Waals surface area contributed by atoms with Crippen LogP contribution in [0.25, 0.3) is 0 Å². The molecule has 4 rings (SSSR count). The zero-order chi connectivity index (χ0) is 22.5. The van der Waals surface area contributed by atoms with Gasteiger partial charge in [0.25, 0.3) is 0 Å². The molecule has 1 aliphatic carbocycles. The Morgan fingerprint density at radius 1 is 1.16 bits per heavy atom. The first-order chi connectivity index (χ1) is 15.6. The van der Waals surface area contributed by atoms with Crippen molar-refractivity contribution in [1.82, 2.24) is 14.5 Å². The fourth-order valence-electron chi connectivity index (χ4n) is 3.76. The molecule has 0 radical (unpaired) electrons. The van der Waals surface area contributed by atoms with Crippen LogP contribution in [0.4, 0.5) is 5.69 Å². The van der Waals surface area contributed by atoms with Gasteiger partial charge in [-0.2, -0.15) is 4.98 Å². The van der Waals surface area contributed by atoms with Gasteiger partial charge in [0, 0.05) is 29.7 Å². The van der Waals surface area contributed by atoms with E-state index in [1.807, 2.05) is 12.1 Å². The Bertz CT molecular complexity index is 1180. The number of methoxy groups -OCH3 is 2. The number of nitrogens with zero attached hydrogens (tertiary/aromatic N) is 3. The maximum Gasteiger partial charge on any atom is 0.349 e. The highest BCUT2D eigenvalue weighted by molar-refractivity contribution is 8.00. The number of hydrogen-bond acceptors (Lipinski definition) is 7. The van der Waals surface area contributed by atoms with Gasteiger partial charge in [0.1, 0.15) is 16.5 Å². The molecule has 1 amide bonds. The summed E-state index contributed by atoms with van der Waals surface area (Å²) in [6.07, 6.45) is 6.10. The zero-order valence-electron chi connectivity index (χ0n) is 18.0. The topological polar surface area (TPSA) is 95.3 Å². The minimum absolute atomic E-state index is 0.141. The molecule has 0 saturated heterocycles. The minimum Gasteiger partial charge on any atom is -0.497 e. The summed E-state index contributed by atoms with van der Waals surface area (Å²) in [6, 6.07) is 8.99.